The van der Waals surface area contributed by atoms with Gasteiger partial charge in [0.25, 0.3) is 0 Å². The predicted molar refractivity (Wildman–Crippen MR) is 91.3 cm³/mol. The Morgan fingerprint density at radius 3 is 2.70 bits per heavy atom. The topological polar surface area (TPSA) is 53.7 Å². The summed E-state index contributed by atoms with van der Waals surface area (Å²) in [7, 11) is 0. The zero-order chi connectivity index (χ0) is 16.7. The highest BCUT2D eigenvalue weighted by atomic mass is 32.1. The first-order chi connectivity index (χ1) is 10.8. The van der Waals surface area contributed by atoms with E-state index in [9.17, 15) is 9.90 Å². The number of thiophene rings is 1. The van der Waals surface area contributed by atoms with Gasteiger partial charge in [0.05, 0.1) is 10.5 Å². The van der Waals surface area contributed by atoms with Crippen molar-refractivity contribution in [1.82, 2.24) is 4.90 Å². The van der Waals surface area contributed by atoms with Crippen LogP contribution in [0.1, 0.15) is 33.0 Å². The number of aryl methyl sites for hydroxylation is 1. The lowest BCUT2D eigenvalue weighted by Gasteiger charge is -2.30. The number of nitrogens with zero attached hydrogens (tertiary/aromatic N) is 1. The molecule has 124 valence electrons. The van der Waals surface area contributed by atoms with E-state index in [0.717, 1.165) is 16.4 Å². The molecule has 1 fully saturated rings. The average molecular weight is 333 g/mol. The Labute approximate surface area is 140 Å². The van der Waals surface area contributed by atoms with Crippen LogP contribution in [-0.2, 0) is 11.2 Å². The molecule has 2 aromatic rings. The summed E-state index contributed by atoms with van der Waals surface area (Å²) in [6.07, 6.45) is 0.993. The highest BCUT2D eigenvalue weighted by molar-refractivity contribution is 7.13. The summed E-state index contributed by atoms with van der Waals surface area (Å²) in [5.41, 5.74) is -1.11. The Morgan fingerprint density at radius 1 is 1.30 bits per heavy atom. The largest absolute Gasteiger partial charge is 0.460 e. The second-order valence-electron chi connectivity index (χ2n) is 7.15. The van der Waals surface area contributed by atoms with Gasteiger partial charge < -0.3 is 14.4 Å². The van der Waals surface area contributed by atoms with Crippen LogP contribution in [-0.4, -0.2) is 34.6 Å². The molecule has 3 heterocycles. The van der Waals surface area contributed by atoms with E-state index in [2.05, 4.69) is 0 Å². The summed E-state index contributed by atoms with van der Waals surface area (Å²) in [6.45, 7) is 6.80. The average Bonchev–Trinajstić information content (AvgIpc) is 3.16. The van der Waals surface area contributed by atoms with Gasteiger partial charge in [-0.05, 0) is 30.5 Å². The van der Waals surface area contributed by atoms with Crippen LogP contribution in [0.2, 0.25) is 0 Å². The summed E-state index contributed by atoms with van der Waals surface area (Å²) in [5.74, 6) is 1.75. The predicted octanol–water partition coefficient (Wildman–Crippen LogP) is 3.56. The number of carbonyl (C=O) groups is 1. The maximum absolute atomic E-state index is 12.4. The van der Waals surface area contributed by atoms with Gasteiger partial charge in [0.15, 0.2) is 0 Å². The van der Waals surface area contributed by atoms with Gasteiger partial charge in [-0.15, -0.1) is 11.3 Å². The number of aliphatic hydroxyl groups is 1. The zero-order valence-corrected chi connectivity index (χ0v) is 14.7. The fraction of sp³-hybridized carbons (Fsp3) is 0.500. The maximum Gasteiger partial charge on any atom is 0.223 e. The molecular weight excluding hydrogens is 310 g/mol. The van der Waals surface area contributed by atoms with Crippen LogP contribution >= 0.6 is 11.3 Å². The molecule has 0 radical (unpaired) electrons. The van der Waals surface area contributed by atoms with E-state index < -0.39 is 5.60 Å². The van der Waals surface area contributed by atoms with E-state index in [0.29, 0.717) is 25.9 Å². The van der Waals surface area contributed by atoms with Gasteiger partial charge >= 0.3 is 0 Å². The smallest absolute Gasteiger partial charge is 0.223 e. The molecule has 0 aromatic carbocycles. The van der Waals surface area contributed by atoms with Crippen LogP contribution < -0.4 is 0 Å². The molecular formula is C18H23NO3S. The van der Waals surface area contributed by atoms with E-state index in [-0.39, 0.29) is 11.3 Å². The molecule has 0 aliphatic carbocycles. The van der Waals surface area contributed by atoms with Gasteiger partial charge in [-0.2, -0.15) is 0 Å². The normalized spacial score (nSPS) is 23.4. The van der Waals surface area contributed by atoms with Gasteiger partial charge in [-0.3, -0.25) is 4.79 Å². The number of carbonyl (C=O) groups excluding carboxylic acids is 1. The fourth-order valence-corrected chi connectivity index (χ4v) is 3.60. The third kappa shape index (κ3) is 3.21. The molecule has 0 spiro atoms. The molecule has 0 unspecified atom stereocenters. The summed E-state index contributed by atoms with van der Waals surface area (Å²) in [5, 5.41) is 12.4. The first-order valence-corrected chi connectivity index (χ1v) is 8.79. The molecule has 5 heteroatoms. The standard InChI is InChI=1S/C18H23NO3S/c1-17(2)11-19(12-18(17,3)21)16(20)9-7-13-6-8-14(22-13)15-5-4-10-23-15/h4-6,8,10,21H,7,9,11-12H2,1-3H3/t18-/m0/s1. The third-order valence-corrected chi connectivity index (χ3v) is 5.79. The minimum atomic E-state index is -0.834. The molecule has 3 rings (SSSR count). The van der Waals surface area contributed by atoms with Crippen LogP contribution in [0.15, 0.2) is 34.1 Å². The molecule has 1 N–H and O–H groups in total. The van der Waals surface area contributed by atoms with Crippen LogP contribution in [0, 0.1) is 5.41 Å². The quantitative estimate of drug-likeness (QED) is 0.931. The molecule has 0 bridgehead atoms. The lowest BCUT2D eigenvalue weighted by atomic mass is 9.79. The summed E-state index contributed by atoms with van der Waals surface area (Å²) >= 11 is 1.64. The summed E-state index contributed by atoms with van der Waals surface area (Å²) in [6, 6.07) is 7.90. The van der Waals surface area contributed by atoms with E-state index in [1.165, 1.54) is 0 Å². The van der Waals surface area contributed by atoms with Crippen molar-refractivity contribution in [2.24, 2.45) is 5.41 Å². The van der Waals surface area contributed by atoms with E-state index in [4.69, 9.17) is 4.42 Å². The number of rotatable bonds is 4. The molecule has 1 amide bonds. The second-order valence-corrected chi connectivity index (χ2v) is 8.10. The number of hydrogen-bond donors (Lipinski definition) is 1. The molecule has 1 aliphatic heterocycles. The minimum Gasteiger partial charge on any atom is -0.460 e. The van der Waals surface area contributed by atoms with Gasteiger partial charge in [-0.1, -0.05) is 19.9 Å². The highest BCUT2D eigenvalue weighted by Gasteiger charge is 2.48. The maximum atomic E-state index is 12.4. The minimum absolute atomic E-state index is 0.0740. The van der Waals surface area contributed by atoms with Crippen molar-refractivity contribution in [2.45, 2.75) is 39.2 Å². The second kappa shape index (κ2) is 5.80. The fourth-order valence-electron chi connectivity index (χ4n) is 2.92. The van der Waals surface area contributed by atoms with Gasteiger partial charge in [0, 0.05) is 31.3 Å². The van der Waals surface area contributed by atoms with Crippen molar-refractivity contribution in [3.63, 3.8) is 0 Å². The van der Waals surface area contributed by atoms with Crippen molar-refractivity contribution < 1.29 is 14.3 Å². The van der Waals surface area contributed by atoms with E-state index in [1.54, 1.807) is 23.2 Å². The van der Waals surface area contributed by atoms with Crippen molar-refractivity contribution >= 4 is 17.2 Å². The zero-order valence-electron chi connectivity index (χ0n) is 13.8. The molecule has 4 nitrogen and oxygen atoms in total. The summed E-state index contributed by atoms with van der Waals surface area (Å²) < 4.78 is 5.81. The number of amides is 1. The Morgan fingerprint density at radius 2 is 2.09 bits per heavy atom. The Balaban J connectivity index is 1.58. The first kappa shape index (κ1) is 16.3. The number of likely N-dealkylation sites (tertiary alicyclic amines) is 1. The van der Waals surface area contributed by atoms with E-state index >= 15 is 0 Å². The van der Waals surface area contributed by atoms with Crippen molar-refractivity contribution in [3.05, 3.63) is 35.4 Å². The monoisotopic (exact) mass is 333 g/mol. The molecule has 1 saturated heterocycles. The lowest BCUT2D eigenvalue weighted by molar-refractivity contribution is -0.131. The molecule has 23 heavy (non-hydrogen) atoms. The van der Waals surface area contributed by atoms with Crippen molar-refractivity contribution in [3.8, 4) is 10.6 Å². The Bertz CT molecular complexity index is 669. The first-order valence-electron chi connectivity index (χ1n) is 7.91. The van der Waals surface area contributed by atoms with Gasteiger partial charge in [-0.25, -0.2) is 0 Å². The number of furan rings is 1. The van der Waals surface area contributed by atoms with Crippen molar-refractivity contribution in [1.29, 1.82) is 0 Å². The molecule has 1 atom stereocenters. The van der Waals surface area contributed by atoms with Crippen LogP contribution in [0.5, 0.6) is 0 Å². The Hall–Kier alpha value is -1.59. The SMILES string of the molecule is CC1(C)CN(C(=O)CCc2ccc(-c3cccs3)o2)C[C@]1(C)O. The van der Waals surface area contributed by atoms with Crippen LogP contribution in [0.25, 0.3) is 10.6 Å². The lowest BCUT2D eigenvalue weighted by Crippen LogP contribution is -2.40. The molecule has 2 aromatic heterocycles. The molecule has 0 saturated carbocycles. The van der Waals surface area contributed by atoms with Crippen LogP contribution in [0.4, 0.5) is 0 Å². The van der Waals surface area contributed by atoms with Crippen LogP contribution in [0.3, 0.4) is 0 Å². The van der Waals surface area contributed by atoms with Crippen molar-refractivity contribution in [2.75, 3.05) is 13.1 Å². The molecule has 1 aliphatic rings. The highest BCUT2D eigenvalue weighted by Crippen LogP contribution is 2.38. The Kier molecular flexibility index (Phi) is 4.10. The van der Waals surface area contributed by atoms with Gasteiger partial charge in [0.2, 0.25) is 5.91 Å². The number of hydrogen-bond acceptors (Lipinski definition) is 4. The van der Waals surface area contributed by atoms with Gasteiger partial charge in [0.1, 0.15) is 11.5 Å². The number of β-amino-alcohol motifs (C(OH)–C–C–N with tert-alkyl or cyclic N) is 1. The third-order valence-electron chi connectivity index (χ3n) is 4.91. The summed E-state index contributed by atoms with van der Waals surface area (Å²) in [4.78, 5) is 15.3. The van der Waals surface area contributed by atoms with E-state index in [1.807, 2.05) is 43.5 Å².